The van der Waals surface area contributed by atoms with Gasteiger partial charge in [0.05, 0.1) is 15.8 Å². The molecule has 1 saturated carbocycles. The van der Waals surface area contributed by atoms with Gasteiger partial charge in [-0.25, -0.2) is 0 Å². The van der Waals surface area contributed by atoms with Crippen molar-refractivity contribution < 1.29 is 0 Å². The summed E-state index contributed by atoms with van der Waals surface area (Å²) in [6.07, 6.45) is 3.92. The molecule has 29 heavy (non-hydrogen) atoms. The Balaban J connectivity index is 2.04. The Hall–Kier alpha value is -0.450. The second kappa shape index (κ2) is 8.96. The summed E-state index contributed by atoms with van der Waals surface area (Å²) in [7, 11) is 0. The molecule has 0 N–H and O–H groups in total. The van der Waals surface area contributed by atoms with Gasteiger partial charge in [0.1, 0.15) is 0 Å². The van der Waals surface area contributed by atoms with Gasteiger partial charge < -0.3 is 0 Å². The number of para-hydroxylation sites is 2. The van der Waals surface area contributed by atoms with E-state index in [2.05, 4.69) is 36.7 Å². The van der Waals surface area contributed by atoms with E-state index in [1.165, 1.54) is 0 Å². The van der Waals surface area contributed by atoms with Gasteiger partial charge in [-0.1, -0.05) is 108 Å². The summed E-state index contributed by atoms with van der Waals surface area (Å²) in [5, 5.41) is 3.91. The molecule has 0 bridgehead atoms. The molecule has 0 radical (unpaired) electrons. The van der Waals surface area contributed by atoms with Crippen LogP contribution in [0, 0.1) is 11.3 Å². The van der Waals surface area contributed by atoms with Crippen molar-refractivity contribution in [3.05, 3.63) is 60.7 Å². The first-order chi connectivity index (χ1) is 13.5. The van der Waals surface area contributed by atoms with Crippen molar-refractivity contribution in [1.82, 2.24) is 5.01 Å². The van der Waals surface area contributed by atoms with Crippen LogP contribution in [0.3, 0.4) is 0 Å². The van der Waals surface area contributed by atoms with E-state index in [4.69, 9.17) is 34.8 Å². The lowest BCUT2D eigenvalue weighted by molar-refractivity contribution is 0.0773. The first-order valence-corrected chi connectivity index (χ1v) is 11.9. The van der Waals surface area contributed by atoms with Crippen LogP contribution in [0.5, 0.6) is 0 Å². The number of rotatable bonds is 4. The molecule has 2 aromatic rings. The molecule has 0 heterocycles. The monoisotopic (exact) mass is 516 g/mol. The van der Waals surface area contributed by atoms with Gasteiger partial charge in [-0.05, 0) is 61.3 Å². The minimum atomic E-state index is -1.64. The van der Waals surface area contributed by atoms with Crippen LogP contribution >= 0.6 is 50.7 Å². The molecule has 1 aliphatic rings. The second-order valence-corrected chi connectivity index (χ2v) is 12.5. The smallest absolute Gasteiger partial charge is 0.266 e. The minimum Gasteiger partial charge on any atom is -0.269 e. The summed E-state index contributed by atoms with van der Waals surface area (Å²) in [5.74, 6) is 0.646. The molecular formula is C23H28BrCl3N2. The molecule has 0 unspecified atom stereocenters. The first kappa shape index (κ1) is 23.2. The average Bonchev–Trinajstić information content (AvgIpc) is 2.66. The second-order valence-electron chi connectivity index (χ2n) is 8.82. The molecule has 2 aromatic carbocycles. The van der Waals surface area contributed by atoms with E-state index in [1.807, 2.05) is 70.7 Å². The Bertz CT molecular complexity index is 740. The number of halogens is 4. The number of alkyl halides is 4. The molecule has 1 fully saturated rings. The number of nitrogens with zero attached hydrogens (tertiary/aromatic N) is 2. The zero-order chi connectivity index (χ0) is 21.3. The van der Waals surface area contributed by atoms with Crippen LogP contribution in [0.15, 0.2) is 60.7 Å². The fourth-order valence-electron chi connectivity index (χ4n) is 4.18. The average molecular weight is 519 g/mol. The maximum absolute atomic E-state index is 6.63. The summed E-state index contributed by atoms with van der Waals surface area (Å²) >= 11 is 23.9. The zero-order valence-electron chi connectivity index (χ0n) is 17.1. The normalized spacial score (nSPS) is 23.2. The van der Waals surface area contributed by atoms with Gasteiger partial charge in [0.15, 0.2) is 0 Å². The molecule has 1 aliphatic carbocycles. The van der Waals surface area contributed by atoms with Crippen molar-refractivity contribution in [1.29, 1.82) is 0 Å². The summed E-state index contributed by atoms with van der Waals surface area (Å²) in [6.45, 7) is 6.93. The van der Waals surface area contributed by atoms with Crippen LogP contribution in [0.2, 0.25) is 0 Å². The topological polar surface area (TPSA) is 6.48 Å². The molecule has 0 aliphatic heterocycles. The molecule has 0 saturated heterocycles. The standard InChI is InChI=1S/C23H28BrCl3N2/c1-21(2,3)18-14-16-22(24,17-15-18)29(23(25,26)27)28(19-10-6-4-7-11-19)20-12-8-5-9-13-20/h4-13,18H,14-17H2,1-3H3. The molecule has 6 heteroatoms. The first-order valence-electron chi connectivity index (χ1n) is 9.98. The third-order valence-corrected chi connectivity index (χ3v) is 7.41. The van der Waals surface area contributed by atoms with Gasteiger partial charge in [-0.2, -0.15) is 5.01 Å². The van der Waals surface area contributed by atoms with Crippen LogP contribution in [-0.4, -0.2) is 13.4 Å². The number of hydrogen-bond donors (Lipinski definition) is 0. The van der Waals surface area contributed by atoms with Crippen molar-refractivity contribution in [2.45, 2.75) is 54.8 Å². The highest BCUT2D eigenvalue weighted by Gasteiger charge is 2.51. The Morgan fingerprint density at radius 1 is 0.828 bits per heavy atom. The highest BCUT2D eigenvalue weighted by molar-refractivity contribution is 9.10. The van der Waals surface area contributed by atoms with Crippen molar-refractivity contribution in [3.63, 3.8) is 0 Å². The molecule has 3 rings (SSSR count). The predicted molar refractivity (Wildman–Crippen MR) is 130 cm³/mol. The molecule has 158 valence electrons. The lowest BCUT2D eigenvalue weighted by Gasteiger charge is -2.53. The van der Waals surface area contributed by atoms with E-state index in [-0.39, 0.29) is 5.41 Å². The van der Waals surface area contributed by atoms with Gasteiger partial charge in [-0.3, -0.25) is 5.01 Å². The summed E-state index contributed by atoms with van der Waals surface area (Å²) < 4.78 is -2.10. The van der Waals surface area contributed by atoms with Crippen LogP contribution in [-0.2, 0) is 0 Å². The van der Waals surface area contributed by atoms with Crippen molar-refractivity contribution in [2.24, 2.45) is 11.3 Å². The Morgan fingerprint density at radius 2 is 1.24 bits per heavy atom. The van der Waals surface area contributed by atoms with Crippen LogP contribution < -0.4 is 5.01 Å². The summed E-state index contributed by atoms with van der Waals surface area (Å²) in [6, 6.07) is 20.1. The molecule has 2 nitrogen and oxygen atoms in total. The largest absolute Gasteiger partial charge is 0.269 e. The Morgan fingerprint density at radius 3 is 1.59 bits per heavy atom. The highest BCUT2D eigenvalue weighted by atomic mass is 79.9. The van der Waals surface area contributed by atoms with Gasteiger partial charge in [-0.15, -0.1) is 0 Å². The SMILES string of the molecule is CC(C)(C)C1CCC(Br)(N(N(c2ccccc2)c2ccccc2)C(Cl)(Cl)Cl)CC1. The van der Waals surface area contributed by atoms with Crippen LogP contribution in [0.25, 0.3) is 0 Å². The Kier molecular flexibility index (Phi) is 7.18. The van der Waals surface area contributed by atoms with Crippen LogP contribution in [0.1, 0.15) is 46.5 Å². The summed E-state index contributed by atoms with van der Waals surface area (Å²) in [4.78, 5) is 0. The lowest BCUT2D eigenvalue weighted by Crippen LogP contribution is -2.59. The van der Waals surface area contributed by atoms with Crippen molar-refractivity contribution in [2.75, 3.05) is 5.01 Å². The van der Waals surface area contributed by atoms with Gasteiger partial charge in [0.25, 0.3) is 3.92 Å². The molecule has 0 atom stereocenters. The maximum Gasteiger partial charge on any atom is 0.266 e. The molecule has 0 aromatic heterocycles. The van der Waals surface area contributed by atoms with Crippen LogP contribution in [0.4, 0.5) is 11.4 Å². The fraction of sp³-hybridized carbons (Fsp3) is 0.478. The van der Waals surface area contributed by atoms with Gasteiger partial charge in [0.2, 0.25) is 0 Å². The number of benzene rings is 2. The van der Waals surface area contributed by atoms with E-state index < -0.39 is 8.36 Å². The number of hydrazine groups is 1. The predicted octanol–water partition coefficient (Wildman–Crippen LogP) is 8.70. The number of anilines is 2. The third-order valence-electron chi connectivity index (χ3n) is 5.80. The van der Waals surface area contributed by atoms with E-state index in [0.717, 1.165) is 37.1 Å². The molecular weight excluding hydrogens is 491 g/mol. The van der Waals surface area contributed by atoms with E-state index in [0.29, 0.717) is 5.92 Å². The lowest BCUT2D eigenvalue weighted by atomic mass is 9.71. The maximum atomic E-state index is 6.63. The zero-order valence-corrected chi connectivity index (χ0v) is 20.9. The summed E-state index contributed by atoms with van der Waals surface area (Å²) in [5.41, 5.74) is 2.17. The van der Waals surface area contributed by atoms with E-state index >= 15 is 0 Å². The van der Waals surface area contributed by atoms with Crippen molar-refractivity contribution >= 4 is 62.1 Å². The highest BCUT2D eigenvalue weighted by Crippen LogP contribution is 2.53. The van der Waals surface area contributed by atoms with E-state index in [1.54, 1.807) is 0 Å². The molecule has 0 amide bonds. The van der Waals surface area contributed by atoms with Crippen molar-refractivity contribution in [3.8, 4) is 0 Å². The third kappa shape index (κ3) is 5.43. The van der Waals surface area contributed by atoms with Gasteiger partial charge in [0, 0.05) is 0 Å². The number of hydrogen-bond acceptors (Lipinski definition) is 2. The van der Waals surface area contributed by atoms with Gasteiger partial charge >= 0.3 is 0 Å². The Labute approximate surface area is 198 Å². The molecule has 0 spiro atoms. The quantitative estimate of drug-likeness (QED) is 0.227. The fourth-order valence-corrected chi connectivity index (χ4v) is 6.08. The minimum absolute atomic E-state index is 0.275. The van der Waals surface area contributed by atoms with E-state index in [9.17, 15) is 0 Å².